The molecule has 0 N–H and O–H groups in total. The molecule has 0 radical (unpaired) electrons. The van der Waals surface area contributed by atoms with Crippen LogP contribution in [-0.2, 0) is 9.53 Å². The zero-order valence-corrected chi connectivity index (χ0v) is 19.8. The highest BCUT2D eigenvalue weighted by Gasteiger charge is 2.35. The lowest BCUT2D eigenvalue weighted by Gasteiger charge is -2.36. The topological polar surface area (TPSA) is 54.9 Å². The molecule has 3 atom stereocenters. The van der Waals surface area contributed by atoms with Crippen LogP contribution >= 0.6 is 0 Å². The van der Waals surface area contributed by atoms with Crippen molar-refractivity contribution >= 4 is 5.91 Å². The van der Waals surface area contributed by atoms with E-state index >= 15 is 0 Å². The zero-order valence-electron chi connectivity index (χ0n) is 19.8. The molecular formula is C26H37N3O3. The Kier molecular flexibility index (Phi) is 7.63. The predicted octanol–water partition coefficient (Wildman–Crippen LogP) is 4.15. The molecule has 1 saturated heterocycles. The van der Waals surface area contributed by atoms with E-state index in [0.29, 0.717) is 12.3 Å². The van der Waals surface area contributed by atoms with Gasteiger partial charge in [-0.1, -0.05) is 17.7 Å². The van der Waals surface area contributed by atoms with Crippen LogP contribution in [0.4, 0.5) is 0 Å². The second kappa shape index (κ2) is 10.6. The first-order chi connectivity index (χ1) is 15.6. The normalized spacial score (nSPS) is 22.7. The smallest absolute Gasteiger partial charge is 0.223 e. The molecule has 0 spiro atoms. The Hall–Kier alpha value is -2.18. The summed E-state index contributed by atoms with van der Waals surface area (Å²) in [6, 6.07) is 3.77. The molecule has 1 aromatic heterocycles. The fraction of sp³-hybridized carbons (Fsp3) is 0.615. The minimum Gasteiger partial charge on any atom is -0.495 e. The second-order valence-electron chi connectivity index (χ2n) is 9.41. The van der Waals surface area contributed by atoms with E-state index < -0.39 is 0 Å². The fourth-order valence-corrected chi connectivity index (χ4v) is 5.47. The van der Waals surface area contributed by atoms with Crippen molar-refractivity contribution in [3.63, 3.8) is 0 Å². The number of ether oxygens (including phenoxy) is 2. The maximum atomic E-state index is 13.4. The molecule has 6 heteroatoms. The number of hydrogen-bond donors (Lipinski definition) is 0. The summed E-state index contributed by atoms with van der Waals surface area (Å²) in [5.74, 6) is 1.35. The van der Waals surface area contributed by atoms with E-state index in [4.69, 9.17) is 9.47 Å². The van der Waals surface area contributed by atoms with E-state index in [-0.39, 0.29) is 18.1 Å². The summed E-state index contributed by atoms with van der Waals surface area (Å²) in [6.07, 6.45) is 13.4. The summed E-state index contributed by atoms with van der Waals surface area (Å²) >= 11 is 0. The Morgan fingerprint density at radius 1 is 1.25 bits per heavy atom. The molecule has 174 valence electrons. The number of aromatic nitrogens is 1. The number of pyridine rings is 1. The molecule has 3 aliphatic rings. The number of likely N-dealkylation sites (tertiary alicyclic amines) is 1. The Balaban J connectivity index is 1.47. The first-order valence-electron chi connectivity index (χ1n) is 12.0. The number of hydrogen-bond acceptors (Lipinski definition) is 5. The number of rotatable bonds is 9. The number of nitrogens with zero attached hydrogens (tertiary/aromatic N) is 3. The third-order valence-corrected chi connectivity index (χ3v) is 7.32. The van der Waals surface area contributed by atoms with E-state index in [1.54, 1.807) is 26.0 Å². The van der Waals surface area contributed by atoms with Crippen molar-refractivity contribution in [1.29, 1.82) is 0 Å². The summed E-state index contributed by atoms with van der Waals surface area (Å²) in [7, 11) is 5.30. The average molecular weight is 440 g/mol. The molecular weight excluding hydrogens is 402 g/mol. The minimum absolute atomic E-state index is 0.0876. The van der Waals surface area contributed by atoms with E-state index in [0.717, 1.165) is 50.3 Å². The predicted molar refractivity (Wildman–Crippen MR) is 126 cm³/mol. The molecule has 0 aromatic carbocycles. The summed E-state index contributed by atoms with van der Waals surface area (Å²) in [6.45, 7) is 2.96. The molecule has 4 rings (SSSR count). The fourth-order valence-electron chi connectivity index (χ4n) is 5.47. The third kappa shape index (κ3) is 5.24. The SMILES string of the molecule is COc1ccc([C@H](OC)C(CN2CCCC2)N(C)C(=O)CC2CC3=C(CCC=C3)C2)nc1. The first kappa shape index (κ1) is 23.0. The third-order valence-electron chi connectivity index (χ3n) is 7.32. The van der Waals surface area contributed by atoms with Gasteiger partial charge in [-0.05, 0) is 75.2 Å². The molecule has 2 aliphatic carbocycles. The molecule has 32 heavy (non-hydrogen) atoms. The average Bonchev–Trinajstić information content (AvgIpc) is 3.48. The number of amides is 1. The number of likely N-dealkylation sites (N-methyl/N-ethyl adjacent to an activating group) is 1. The Morgan fingerprint density at radius 3 is 2.72 bits per heavy atom. The molecule has 0 bridgehead atoms. The highest BCUT2D eigenvalue weighted by atomic mass is 16.5. The van der Waals surface area contributed by atoms with Crippen LogP contribution in [0.1, 0.15) is 56.7 Å². The Morgan fingerprint density at radius 2 is 2.06 bits per heavy atom. The molecule has 1 aromatic rings. The Labute approximate surface area is 192 Å². The van der Waals surface area contributed by atoms with Crippen LogP contribution in [-0.4, -0.2) is 67.6 Å². The van der Waals surface area contributed by atoms with E-state index in [2.05, 4.69) is 22.0 Å². The first-order valence-corrected chi connectivity index (χ1v) is 12.0. The van der Waals surface area contributed by atoms with Gasteiger partial charge < -0.3 is 19.3 Å². The zero-order chi connectivity index (χ0) is 22.5. The standard InChI is InChI=1S/C26H37N3O3/c1-28(25(30)16-19-14-20-8-4-5-9-21(20)15-19)24(18-29-12-6-7-13-29)26(32-3)23-11-10-22(31-2)17-27-23/h4,8,10-11,17,19,24,26H,5-7,9,12-16,18H2,1-3H3/t19?,24?,26-/m0/s1. The van der Waals surface area contributed by atoms with Crippen LogP contribution in [0, 0.1) is 5.92 Å². The van der Waals surface area contributed by atoms with E-state index in [1.165, 1.54) is 24.8 Å². The van der Waals surface area contributed by atoms with Gasteiger partial charge in [0.05, 0.1) is 25.0 Å². The highest BCUT2D eigenvalue weighted by Crippen LogP contribution is 2.39. The van der Waals surface area contributed by atoms with Gasteiger partial charge in [0.15, 0.2) is 0 Å². The van der Waals surface area contributed by atoms with E-state index in [1.807, 2.05) is 24.1 Å². The van der Waals surface area contributed by atoms with Crippen molar-refractivity contribution in [2.24, 2.45) is 5.92 Å². The van der Waals surface area contributed by atoms with E-state index in [9.17, 15) is 4.79 Å². The monoisotopic (exact) mass is 439 g/mol. The maximum Gasteiger partial charge on any atom is 0.223 e. The van der Waals surface area contributed by atoms with Gasteiger partial charge in [0.1, 0.15) is 11.9 Å². The highest BCUT2D eigenvalue weighted by molar-refractivity contribution is 5.77. The number of carbonyl (C=O) groups is 1. The van der Waals surface area contributed by atoms with Crippen LogP contribution in [0.2, 0.25) is 0 Å². The lowest BCUT2D eigenvalue weighted by atomic mass is 9.98. The minimum atomic E-state index is -0.284. The van der Waals surface area contributed by atoms with Crippen LogP contribution < -0.4 is 4.74 Å². The van der Waals surface area contributed by atoms with Crippen molar-refractivity contribution in [3.8, 4) is 5.75 Å². The van der Waals surface area contributed by atoms with Gasteiger partial charge in [-0.15, -0.1) is 0 Å². The number of methoxy groups -OCH3 is 2. The van der Waals surface area contributed by atoms with Crippen LogP contribution in [0.3, 0.4) is 0 Å². The summed E-state index contributed by atoms with van der Waals surface area (Å²) in [5, 5.41) is 0. The van der Waals surface area contributed by atoms with Crippen molar-refractivity contribution in [2.75, 3.05) is 40.9 Å². The molecule has 1 aliphatic heterocycles. The molecule has 1 amide bonds. The van der Waals surface area contributed by atoms with Crippen molar-refractivity contribution in [2.45, 2.75) is 57.1 Å². The van der Waals surface area contributed by atoms with Gasteiger partial charge in [0.25, 0.3) is 0 Å². The molecule has 0 saturated carbocycles. The van der Waals surface area contributed by atoms with Gasteiger partial charge in [-0.3, -0.25) is 9.78 Å². The van der Waals surface area contributed by atoms with Gasteiger partial charge in [-0.25, -0.2) is 0 Å². The van der Waals surface area contributed by atoms with Crippen molar-refractivity contribution in [1.82, 2.24) is 14.8 Å². The largest absolute Gasteiger partial charge is 0.495 e. The second-order valence-corrected chi connectivity index (χ2v) is 9.41. The summed E-state index contributed by atoms with van der Waals surface area (Å²) in [5.41, 5.74) is 3.88. The van der Waals surface area contributed by atoms with Gasteiger partial charge in [0.2, 0.25) is 5.91 Å². The molecule has 2 unspecified atom stereocenters. The maximum absolute atomic E-state index is 13.4. The van der Waals surface area contributed by atoms with Gasteiger partial charge >= 0.3 is 0 Å². The number of allylic oxidation sites excluding steroid dienone is 4. The van der Waals surface area contributed by atoms with Crippen LogP contribution in [0.5, 0.6) is 5.75 Å². The van der Waals surface area contributed by atoms with Crippen LogP contribution in [0.15, 0.2) is 41.6 Å². The molecule has 2 heterocycles. The summed E-state index contributed by atoms with van der Waals surface area (Å²) < 4.78 is 11.2. The lowest BCUT2D eigenvalue weighted by Crippen LogP contribution is -2.48. The van der Waals surface area contributed by atoms with Gasteiger partial charge in [-0.2, -0.15) is 0 Å². The summed E-state index contributed by atoms with van der Waals surface area (Å²) in [4.78, 5) is 22.4. The molecule has 1 fully saturated rings. The Bertz CT molecular complexity index is 842. The number of carbonyl (C=O) groups excluding carboxylic acids is 1. The van der Waals surface area contributed by atoms with Crippen LogP contribution in [0.25, 0.3) is 0 Å². The lowest BCUT2D eigenvalue weighted by molar-refractivity contribution is -0.136. The van der Waals surface area contributed by atoms with Crippen molar-refractivity contribution in [3.05, 3.63) is 47.3 Å². The van der Waals surface area contributed by atoms with Gasteiger partial charge in [0, 0.05) is 27.1 Å². The molecule has 6 nitrogen and oxygen atoms in total. The quantitative estimate of drug-likeness (QED) is 0.579. The van der Waals surface area contributed by atoms with Crippen molar-refractivity contribution < 1.29 is 14.3 Å².